The first kappa shape index (κ1) is 21.8. The number of rotatable bonds is 10. The van der Waals surface area contributed by atoms with Crippen molar-refractivity contribution in [2.75, 3.05) is 25.1 Å². The molecule has 0 aliphatic carbocycles. The minimum Gasteiger partial charge on any atom is -0.382 e. The Morgan fingerprint density at radius 2 is 1.93 bits per heavy atom. The summed E-state index contributed by atoms with van der Waals surface area (Å²) < 4.78 is 7.33. The van der Waals surface area contributed by atoms with Crippen molar-refractivity contribution < 1.29 is 19.1 Å². The van der Waals surface area contributed by atoms with E-state index >= 15 is 0 Å². The average molecular weight is 415 g/mol. The van der Waals surface area contributed by atoms with Gasteiger partial charge < -0.3 is 14.6 Å². The molecule has 0 radical (unpaired) electrons. The molecule has 9 nitrogen and oxygen atoms in total. The average Bonchev–Trinajstić information content (AvgIpc) is 3.20. The van der Waals surface area contributed by atoms with Gasteiger partial charge in [-0.25, -0.2) is 9.78 Å². The lowest BCUT2D eigenvalue weighted by Crippen LogP contribution is -2.46. The summed E-state index contributed by atoms with van der Waals surface area (Å²) in [4.78, 5) is 43.2. The predicted octanol–water partition coefficient (Wildman–Crippen LogP) is 2.51. The third-order valence-electron chi connectivity index (χ3n) is 5.54. The van der Waals surface area contributed by atoms with Crippen LogP contribution in [0.1, 0.15) is 40.0 Å². The molecule has 1 fully saturated rings. The van der Waals surface area contributed by atoms with E-state index in [-0.39, 0.29) is 12.5 Å². The highest BCUT2D eigenvalue weighted by atomic mass is 16.5. The van der Waals surface area contributed by atoms with Gasteiger partial charge in [-0.15, -0.1) is 0 Å². The minimum absolute atomic E-state index is 0.353. The maximum Gasteiger partial charge on any atom is 0.325 e. The van der Waals surface area contributed by atoms with Crippen molar-refractivity contribution in [3.05, 3.63) is 24.3 Å². The summed E-state index contributed by atoms with van der Waals surface area (Å²) in [7, 11) is 0. The van der Waals surface area contributed by atoms with Gasteiger partial charge in [-0.1, -0.05) is 26.0 Å². The quantitative estimate of drug-likeness (QED) is 0.458. The van der Waals surface area contributed by atoms with Crippen molar-refractivity contribution in [3.8, 4) is 0 Å². The lowest BCUT2D eigenvalue weighted by atomic mass is 9.93. The molecule has 2 heterocycles. The molecule has 30 heavy (non-hydrogen) atoms. The number of carbonyl (C=O) groups is 3. The molecule has 4 amide bonds. The van der Waals surface area contributed by atoms with Gasteiger partial charge in [0.15, 0.2) is 0 Å². The lowest BCUT2D eigenvalue weighted by Gasteiger charge is -2.23. The number of para-hydroxylation sites is 2. The van der Waals surface area contributed by atoms with E-state index in [4.69, 9.17) is 4.74 Å². The fourth-order valence-corrected chi connectivity index (χ4v) is 3.72. The number of fused-ring (bicyclic) bond motifs is 1. The highest BCUT2D eigenvalue weighted by Gasteiger charge is 2.49. The second kappa shape index (κ2) is 9.25. The Balaban J connectivity index is 1.75. The number of aromatic nitrogens is 2. The number of nitrogens with one attached hydrogen (secondary N) is 2. The topological polar surface area (TPSA) is 106 Å². The summed E-state index contributed by atoms with van der Waals surface area (Å²) in [5.74, 6) is -0.442. The second-order valence-electron chi connectivity index (χ2n) is 7.29. The molecule has 1 aromatic carbocycles. The third-order valence-corrected chi connectivity index (χ3v) is 5.54. The standard InChI is InChI=1S/C21H29N5O4/c1-4-21(5-2)18(28)26(20(29)24-21)14-17(27)23-19-22-15-10-7-8-11-16(15)25(19)12-9-13-30-6-3/h7-8,10-11H,4-6,9,12-14H2,1-3H3,(H,24,29)(H,22,23,27). The molecular formula is C21H29N5O4. The van der Waals surface area contributed by atoms with Crippen molar-refractivity contribution in [1.29, 1.82) is 0 Å². The summed E-state index contributed by atoms with van der Waals surface area (Å²) in [5, 5.41) is 5.50. The van der Waals surface area contributed by atoms with Gasteiger partial charge in [-0.05, 0) is 38.3 Å². The number of aryl methyl sites for hydroxylation is 1. The Morgan fingerprint density at radius 3 is 2.60 bits per heavy atom. The molecule has 0 bridgehead atoms. The van der Waals surface area contributed by atoms with Crippen molar-refractivity contribution in [2.24, 2.45) is 0 Å². The zero-order valence-corrected chi connectivity index (χ0v) is 17.7. The molecule has 1 aliphatic rings. The summed E-state index contributed by atoms with van der Waals surface area (Å²) in [6.45, 7) is 7.15. The van der Waals surface area contributed by atoms with Crippen LogP contribution in [0.15, 0.2) is 24.3 Å². The molecule has 0 atom stereocenters. The molecular weight excluding hydrogens is 386 g/mol. The Bertz CT molecular complexity index is 935. The summed E-state index contributed by atoms with van der Waals surface area (Å²) >= 11 is 0. The monoisotopic (exact) mass is 415 g/mol. The molecule has 3 rings (SSSR count). The molecule has 1 aromatic heterocycles. The van der Waals surface area contributed by atoms with Crippen LogP contribution in [0.4, 0.5) is 10.7 Å². The van der Waals surface area contributed by atoms with E-state index in [9.17, 15) is 14.4 Å². The summed E-state index contributed by atoms with van der Waals surface area (Å²) in [6, 6.07) is 7.07. The molecule has 2 aromatic rings. The first-order valence-electron chi connectivity index (χ1n) is 10.4. The van der Waals surface area contributed by atoms with Crippen LogP contribution in [-0.4, -0.2) is 57.6 Å². The molecule has 9 heteroatoms. The molecule has 1 saturated heterocycles. The smallest absolute Gasteiger partial charge is 0.325 e. The number of hydrogen-bond donors (Lipinski definition) is 2. The van der Waals surface area contributed by atoms with Crippen LogP contribution >= 0.6 is 0 Å². The Labute approximate surface area is 175 Å². The zero-order valence-electron chi connectivity index (χ0n) is 17.7. The number of imidazole rings is 1. The van der Waals surface area contributed by atoms with Gasteiger partial charge >= 0.3 is 6.03 Å². The van der Waals surface area contributed by atoms with Crippen LogP contribution in [0, 0.1) is 0 Å². The minimum atomic E-state index is -0.927. The molecule has 0 unspecified atom stereocenters. The number of anilines is 1. The van der Waals surface area contributed by atoms with Gasteiger partial charge in [-0.2, -0.15) is 0 Å². The molecule has 2 N–H and O–H groups in total. The number of amides is 4. The van der Waals surface area contributed by atoms with Gasteiger partial charge in [0.05, 0.1) is 11.0 Å². The molecule has 0 spiro atoms. The maximum absolute atomic E-state index is 12.7. The van der Waals surface area contributed by atoms with Gasteiger partial charge in [0.2, 0.25) is 11.9 Å². The molecule has 0 saturated carbocycles. The third kappa shape index (κ3) is 4.16. The lowest BCUT2D eigenvalue weighted by molar-refractivity contribution is -0.134. The SMILES string of the molecule is CCOCCCn1c(NC(=O)CN2C(=O)NC(CC)(CC)C2=O)nc2ccccc21. The van der Waals surface area contributed by atoms with E-state index in [1.54, 1.807) is 0 Å². The van der Waals surface area contributed by atoms with E-state index < -0.39 is 17.5 Å². The first-order valence-corrected chi connectivity index (χ1v) is 10.4. The fraction of sp³-hybridized carbons (Fsp3) is 0.524. The predicted molar refractivity (Wildman–Crippen MR) is 113 cm³/mol. The number of ether oxygens (including phenoxy) is 1. The van der Waals surface area contributed by atoms with E-state index in [0.717, 1.165) is 22.4 Å². The normalized spacial score (nSPS) is 15.6. The second-order valence-corrected chi connectivity index (χ2v) is 7.29. The Kier molecular flexibility index (Phi) is 6.71. The first-order chi connectivity index (χ1) is 14.5. The van der Waals surface area contributed by atoms with Crippen LogP contribution in [0.5, 0.6) is 0 Å². The zero-order chi connectivity index (χ0) is 21.7. The van der Waals surface area contributed by atoms with Crippen molar-refractivity contribution in [1.82, 2.24) is 19.8 Å². The molecule has 1 aliphatic heterocycles. The highest BCUT2D eigenvalue weighted by Crippen LogP contribution is 2.25. The number of carbonyl (C=O) groups excluding carboxylic acids is 3. The van der Waals surface area contributed by atoms with E-state index in [2.05, 4.69) is 15.6 Å². The van der Waals surface area contributed by atoms with Gasteiger partial charge in [0.1, 0.15) is 12.1 Å². The van der Waals surface area contributed by atoms with Crippen LogP contribution in [-0.2, 0) is 20.9 Å². The number of nitrogens with zero attached hydrogens (tertiary/aromatic N) is 3. The van der Waals surface area contributed by atoms with Crippen LogP contribution < -0.4 is 10.6 Å². The van der Waals surface area contributed by atoms with Crippen LogP contribution in [0.25, 0.3) is 11.0 Å². The largest absolute Gasteiger partial charge is 0.382 e. The van der Waals surface area contributed by atoms with Crippen molar-refractivity contribution >= 4 is 34.8 Å². The highest BCUT2D eigenvalue weighted by molar-refractivity contribution is 6.10. The summed E-state index contributed by atoms with van der Waals surface area (Å²) in [6.07, 6.45) is 1.71. The fourth-order valence-electron chi connectivity index (χ4n) is 3.72. The number of benzene rings is 1. The van der Waals surface area contributed by atoms with Crippen molar-refractivity contribution in [2.45, 2.75) is 52.1 Å². The van der Waals surface area contributed by atoms with Crippen molar-refractivity contribution in [3.63, 3.8) is 0 Å². The number of imide groups is 1. The molecule has 162 valence electrons. The van der Waals surface area contributed by atoms with E-state index in [1.165, 1.54) is 0 Å². The van der Waals surface area contributed by atoms with Crippen LogP contribution in [0.3, 0.4) is 0 Å². The van der Waals surface area contributed by atoms with Crippen LogP contribution in [0.2, 0.25) is 0 Å². The van der Waals surface area contributed by atoms with E-state index in [1.807, 2.05) is 49.6 Å². The number of urea groups is 1. The van der Waals surface area contributed by atoms with Gasteiger partial charge in [0.25, 0.3) is 5.91 Å². The number of hydrogen-bond acceptors (Lipinski definition) is 5. The van der Waals surface area contributed by atoms with E-state index in [0.29, 0.717) is 38.5 Å². The van der Waals surface area contributed by atoms with Gasteiger partial charge in [-0.3, -0.25) is 19.8 Å². The Hall–Kier alpha value is -2.94. The van der Waals surface area contributed by atoms with Gasteiger partial charge in [0, 0.05) is 19.8 Å². The summed E-state index contributed by atoms with van der Waals surface area (Å²) in [5.41, 5.74) is 0.731. The Morgan fingerprint density at radius 1 is 1.20 bits per heavy atom. The maximum atomic E-state index is 12.7.